The molecular weight excluding hydrogens is 132 g/mol. The molecule has 0 aliphatic carbocycles. The SMILES string of the molecule is N#Cc1ccncc1S. The molecule has 1 heterocycles. The first-order chi connectivity index (χ1) is 4.34. The number of thiol groups is 1. The minimum absolute atomic E-state index is 0.563. The molecule has 0 spiro atoms. The van der Waals surface area contributed by atoms with E-state index in [4.69, 9.17) is 5.26 Å². The largest absolute Gasteiger partial charge is 0.263 e. The summed E-state index contributed by atoms with van der Waals surface area (Å²) >= 11 is 3.99. The fourth-order valence-electron chi connectivity index (χ4n) is 0.481. The zero-order valence-corrected chi connectivity index (χ0v) is 5.47. The van der Waals surface area contributed by atoms with E-state index in [2.05, 4.69) is 17.6 Å². The highest BCUT2D eigenvalue weighted by atomic mass is 32.1. The van der Waals surface area contributed by atoms with Crippen molar-refractivity contribution in [2.24, 2.45) is 0 Å². The van der Waals surface area contributed by atoms with Crippen LogP contribution in [0.25, 0.3) is 0 Å². The van der Waals surface area contributed by atoms with E-state index in [1.54, 1.807) is 18.5 Å². The van der Waals surface area contributed by atoms with Gasteiger partial charge in [0.15, 0.2) is 0 Å². The lowest BCUT2D eigenvalue weighted by Crippen LogP contribution is -1.77. The van der Waals surface area contributed by atoms with Gasteiger partial charge < -0.3 is 0 Å². The standard InChI is InChI=1S/C6H4N2S/c7-3-5-1-2-8-4-6(5)9/h1-2,4,9H. The first-order valence-electron chi connectivity index (χ1n) is 2.37. The topological polar surface area (TPSA) is 36.7 Å². The van der Waals surface area contributed by atoms with Crippen LogP contribution in [0.1, 0.15) is 5.56 Å². The first-order valence-corrected chi connectivity index (χ1v) is 2.82. The summed E-state index contributed by atoms with van der Waals surface area (Å²) in [5.41, 5.74) is 0.563. The number of rotatable bonds is 0. The van der Waals surface area contributed by atoms with Crippen molar-refractivity contribution >= 4 is 12.6 Å². The summed E-state index contributed by atoms with van der Waals surface area (Å²) < 4.78 is 0. The van der Waals surface area contributed by atoms with Crippen molar-refractivity contribution < 1.29 is 0 Å². The van der Waals surface area contributed by atoms with Crippen molar-refractivity contribution in [3.63, 3.8) is 0 Å². The van der Waals surface area contributed by atoms with Gasteiger partial charge in [0.1, 0.15) is 6.07 Å². The molecule has 0 aliphatic heterocycles. The van der Waals surface area contributed by atoms with Crippen LogP contribution in [0.5, 0.6) is 0 Å². The van der Waals surface area contributed by atoms with Crippen molar-refractivity contribution in [3.8, 4) is 6.07 Å². The van der Waals surface area contributed by atoms with Gasteiger partial charge in [0.25, 0.3) is 0 Å². The van der Waals surface area contributed by atoms with Crippen LogP contribution in [0.15, 0.2) is 23.4 Å². The zero-order valence-electron chi connectivity index (χ0n) is 4.57. The Morgan fingerprint density at radius 3 is 2.89 bits per heavy atom. The number of aromatic nitrogens is 1. The van der Waals surface area contributed by atoms with Crippen molar-refractivity contribution in [1.29, 1.82) is 5.26 Å². The van der Waals surface area contributed by atoms with Crippen LogP contribution >= 0.6 is 12.6 Å². The minimum Gasteiger partial charge on any atom is -0.263 e. The summed E-state index contributed by atoms with van der Waals surface area (Å²) in [6.45, 7) is 0. The van der Waals surface area contributed by atoms with Crippen molar-refractivity contribution in [1.82, 2.24) is 4.98 Å². The molecule has 0 aliphatic rings. The average molecular weight is 136 g/mol. The van der Waals surface area contributed by atoms with Gasteiger partial charge in [0.2, 0.25) is 0 Å². The normalized spacial score (nSPS) is 8.44. The number of pyridine rings is 1. The Bertz CT molecular complexity index is 251. The molecule has 1 aromatic rings. The predicted octanol–water partition coefficient (Wildman–Crippen LogP) is 1.24. The molecule has 0 amide bonds. The lowest BCUT2D eigenvalue weighted by Gasteiger charge is -1.89. The third-order valence-corrected chi connectivity index (χ3v) is 1.28. The van der Waals surface area contributed by atoms with Crippen LogP contribution in [-0.4, -0.2) is 4.98 Å². The number of nitriles is 1. The molecule has 3 heteroatoms. The van der Waals surface area contributed by atoms with E-state index in [0.717, 1.165) is 0 Å². The minimum atomic E-state index is 0.563. The number of hydrogen-bond acceptors (Lipinski definition) is 3. The average Bonchev–Trinajstić information content (AvgIpc) is 1.89. The zero-order chi connectivity index (χ0) is 6.69. The summed E-state index contributed by atoms with van der Waals surface area (Å²) in [4.78, 5) is 4.39. The Balaban J connectivity index is 3.20. The van der Waals surface area contributed by atoms with Crippen LogP contribution in [0, 0.1) is 11.3 Å². The molecule has 0 unspecified atom stereocenters. The third kappa shape index (κ3) is 1.21. The maximum Gasteiger partial charge on any atom is 0.100 e. The molecule has 44 valence electrons. The van der Waals surface area contributed by atoms with E-state index in [-0.39, 0.29) is 0 Å². The molecule has 0 bridgehead atoms. The summed E-state index contributed by atoms with van der Waals surface area (Å²) in [6.07, 6.45) is 3.11. The van der Waals surface area contributed by atoms with Gasteiger partial charge in [-0.1, -0.05) is 0 Å². The lowest BCUT2D eigenvalue weighted by molar-refractivity contribution is 1.22. The molecule has 1 aromatic heterocycles. The summed E-state index contributed by atoms with van der Waals surface area (Å²) in [5, 5.41) is 8.39. The fraction of sp³-hybridized carbons (Fsp3) is 0. The second-order valence-electron chi connectivity index (χ2n) is 1.50. The summed E-state index contributed by atoms with van der Waals surface area (Å²) in [6, 6.07) is 3.61. The molecule has 2 nitrogen and oxygen atoms in total. The van der Waals surface area contributed by atoms with Gasteiger partial charge in [-0.15, -0.1) is 12.6 Å². The van der Waals surface area contributed by atoms with Crippen LogP contribution in [0.2, 0.25) is 0 Å². The molecular formula is C6H4N2S. The predicted molar refractivity (Wildman–Crippen MR) is 36.2 cm³/mol. The molecule has 9 heavy (non-hydrogen) atoms. The Morgan fingerprint density at radius 1 is 1.67 bits per heavy atom. The Morgan fingerprint density at radius 2 is 2.44 bits per heavy atom. The smallest absolute Gasteiger partial charge is 0.100 e. The van der Waals surface area contributed by atoms with Gasteiger partial charge in [-0.3, -0.25) is 4.98 Å². The quantitative estimate of drug-likeness (QED) is 0.545. The Hall–Kier alpha value is -1.01. The van der Waals surface area contributed by atoms with Gasteiger partial charge in [-0.25, -0.2) is 0 Å². The van der Waals surface area contributed by atoms with Gasteiger partial charge in [-0.05, 0) is 6.07 Å². The van der Waals surface area contributed by atoms with E-state index in [1.807, 2.05) is 6.07 Å². The van der Waals surface area contributed by atoms with E-state index in [9.17, 15) is 0 Å². The second kappa shape index (κ2) is 2.51. The van der Waals surface area contributed by atoms with E-state index in [0.29, 0.717) is 10.5 Å². The van der Waals surface area contributed by atoms with Crippen LogP contribution < -0.4 is 0 Å². The van der Waals surface area contributed by atoms with E-state index < -0.39 is 0 Å². The molecule has 0 fully saturated rings. The molecule has 0 N–H and O–H groups in total. The highest BCUT2D eigenvalue weighted by Crippen LogP contribution is 2.08. The van der Waals surface area contributed by atoms with Gasteiger partial charge in [-0.2, -0.15) is 5.26 Å². The number of hydrogen-bond donors (Lipinski definition) is 1. The monoisotopic (exact) mass is 136 g/mol. The third-order valence-electron chi connectivity index (χ3n) is 0.920. The van der Waals surface area contributed by atoms with Gasteiger partial charge in [0, 0.05) is 17.3 Å². The Labute approximate surface area is 58.6 Å². The molecule has 0 radical (unpaired) electrons. The second-order valence-corrected chi connectivity index (χ2v) is 1.99. The van der Waals surface area contributed by atoms with Gasteiger partial charge >= 0.3 is 0 Å². The number of nitrogens with zero attached hydrogens (tertiary/aromatic N) is 2. The van der Waals surface area contributed by atoms with Crippen LogP contribution in [0.3, 0.4) is 0 Å². The first kappa shape index (κ1) is 6.12. The molecule has 0 saturated heterocycles. The van der Waals surface area contributed by atoms with E-state index in [1.165, 1.54) is 0 Å². The molecule has 0 atom stereocenters. The lowest BCUT2D eigenvalue weighted by atomic mass is 10.3. The molecule has 1 rings (SSSR count). The molecule has 0 saturated carbocycles. The van der Waals surface area contributed by atoms with Crippen molar-refractivity contribution in [3.05, 3.63) is 24.0 Å². The van der Waals surface area contributed by atoms with Crippen molar-refractivity contribution in [2.45, 2.75) is 4.90 Å². The van der Waals surface area contributed by atoms with Crippen molar-refractivity contribution in [2.75, 3.05) is 0 Å². The van der Waals surface area contributed by atoms with Gasteiger partial charge in [0.05, 0.1) is 5.56 Å². The summed E-state index contributed by atoms with van der Waals surface area (Å²) in [5.74, 6) is 0. The molecule has 0 aromatic carbocycles. The highest BCUT2D eigenvalue weighted by molar-refractivity contribution is 7.80. The van der Waals surface area contributed by atoms with E-state index >= 15 is 0 Å². The highest BCUT2D eigenvalue weighted by Gasteiger charge is 1.92. The maximum absolute atomic E-state index is 8.39. The Kier molecular flexibility index (Phi) is 1.71. The summed E-state index contributed by atoms with van der Waals surface area (Å²) in [7, 11) is 0. The van der Waals surface area contributed by atoms with Crippen LogP contribution in [-0.2, 0) is 0 Å². The fourth-order valence-corrected chi connectivity index (χ4v) is 0.672. The van der Waals surface area contributed by atoms with Crippen LogP contribution in [0.4, 0.5) is 0 Å². The maximum atomic E-state index is 8.39.